The van der Waals surface area contributed by atoms with E-state index in [0.29, 0.717) is 29.6 Å². The molecule has 0 N–H and O–H groups in total. The van der Waals surface area contributed by atoms with Gasteiger partial charge in [0.15, 0.2) is 0 Å². The van der Waals surface area contributed by atoms with Gasteiger partial charge < -0.3 is 9.47 Å². The number of hydrogen-bond acceptors (Lipinski definition) is 3. The van der Waals surface area contributed by atoms with Crippen LogP contribution in [0.25, 0.3) is 0 Å². The molecule has 136 valence electrons. The highest BCUT2D eigenvalue weighted by Gasteiger charge is 2.55. The van der Waals surface area contributed by atoms with E-state index in [1.54, 1.807) is 7.11 Å². The predicted molar refractivity (Wildman–Crippen MR) is 97.4 cm³/mol. The van der Waals surface area contributed by atoms with Gasteiger partial charge in [-0.3, -0.25) is 4.79 Å². The lowest BCUT2D eigenvalue weighted by Crippen LogP contribution is -2.40. The van der Waals surface area contributed by atoms with Crippen LogP contribution in [0.1, 0.15) is 51.5 Å². The molecule has 0 amide bonds. The average molecular weight is 342 g/mol. The van der Waals surface area contributed by atoms with Gasteiger partial charge in [0.2, 0.25) is 0 Å². The van der Waals surface area contributed by atoms with Crippen LogP contribution in [-0.2, 0) is 9.53 Å². The number of rotatable bonds is 4. The van der Waals surface area contributed by atoms with Crippen molar-refractivity contribution in [1.82, 2.24) is 0 Å². The molecule has 3 saturated carbocycles. The molecule has 3 aliphatic carbocycles. The lowest BCUT2D eigenvalue weighted by molar-refractivity contribution is -0.160. The minimum Gasteiger partial charge on any atom is -0.497 e. The van der Waals surface area contributed by atoms with E-state index in [2.05, 4.69) is 32.9 Å². The first kappa shape index (κ1) is 16.9. The second-order valence-corrected chi connectivity index (χ2v) is 8.66. The van der Waals surface area contributed by atoms with Crippen LogP contribution in [0.5, 0.6) is 5.75 Å². The van der Waals surface area contributed by atoms with E-state index < -0.39 is 0 Å². The zero-order valence-electron chi connectivity index (χ0n) is 15.8. The van der Waals surface area contributed by atoms with Crippen molar-refractivity contribution in [3.05, 3.63) is 29.8 Å². The fourth-order valence-electron chi connectivity index (χ4n) is 5.69. The summed E-state index contributed by atoms with van der Waals surface area (Å²) in [7, 11) is 1.68. The van der Waals surface area contributed by atoms with Crippen molar-refractivity contribution in [2.45, 2.75) is 52.1 Å². The molecule has 6 unspecified atom stereocenters. The Balaban J connectivity index is 1.43. The summed E-state index contributed by atoms with van der Waals surface area (Å²) in [5.74, 6) is 4.22. The van der Waals surface area contributed by atoms with E-state index >= 15 is 0 Å². The van der Waals surface area contributed by atoms with Gasteiger partial charge in [-0.05, 0) is 66.5 Å². The fourth-order valence-corrected chi connectivity index (χ4v) is 5.69. The van der Waals surface area contributed by atoms with Crippen molar-refractivity contribution in [3.8, 4) is 5.75 Å². The van der Waals surface area contributed by atoms with Crippen LogP contribution in [0.2, 0.25) is 0 Å². The van der Waals surface area contributed by atoms with Crippen LogP contribution in [0.15, 0.2) is 24.3 Å². The molecule has 0 spiro atoms. The van der Waals surface area contributed by atoms with Crippen LogP contribution in [0, 0.1) is 35.5 Å². The van der Waals surface area contributed by atoms with Crippen LogP contribution >= 0.6 is 0 Å². The van der Waals surface area contributed by atoms with Gasteiger partial charge >= 0.3 is 5.97 Å². The van der Waals surface area contributed by atoms with Gasteiger partial charge in [0, 0.05) is 5.92 Å². The molecule has 4 rings (SSSR count). The molecule has 0 saturated heterocycles. The molecule has 25 heavy (non-hydrogen) atoms. The molecule has 3 fully saturated rings. The lowest BCUT2D eigenvalue weighted by atomic mass is 9.73. The fraction of sp³-hybridized carbons (Fsp3) is 0.682. The highest BCUT2D eigenvalue weighted by molar-refractivity contribution is 5.78. The van der Waals surface area contributed by atoms with E-state index in [-0.39, 0.29) is 18.0 Å². The van der Waals surface area contributed by atoms with Crippen molar-refractivity contribution in [2.75, 3.05) is 7.11 Å². The Kier molecular flexibility index (Phi) is 4.29. The molecular formula is C22H30O3. The number of methoxy groups -OCH3 is 1. The summed E-state index contributed by atoms with van der Waals surface area (Å²) in [6.45, 7) is 6.79. The normalized spacial score (nSPS) is 42.1. The standard InChI is InChI=1S/C22H30O3/c1-12-11-16-7-10-18(13(16)2)21(12)25-22(23)20-14(3)19(20)15-5-8-17(24-4)9-6-15/h5-6,8-9,12-14,16,18-21H,7,10-11H2,1-4H3/t12-,13?,14?,16?,18+,19?,20?,21?/m0/s1. The van der Waals surface area contributed by atoms with E-state index in [1.807, 2.05) is 12.1 Å². The number of ether oxygens (including phenoxy) is 2. The quantitative estimate of drug-likeness (QED) is 0.747. The second kappa shape index (κ2) is 6.34. The largest absolute Gasteiger partial charge is 0.497 e. The van der Waals surface area contributed by atoms with E-state index in [1.165, 1.54) is 24.8 Å². The van der Waals surface area contributed by atoms with Crippen molar-refractivity contribution < 1.29 is 14.3 Å². The second-order valence-electron chi connectivity index (χ2n) is 8.66. The molecule has 3 aliphatic rings. The first-order valence-corrected chi connectivity index (χ1v) is 9.85. The predicted octanol–water partition coefficient (Wildman–Crippen LogP) is 4.66. The van der Waals surface area contributed by atoms with E-state index in [0.717, 1.165) is 11.7 Å². The maximum absolute atomic E-state index is 12.9. The van der Waals surface area contributed by atoms with Crippen LogP contribution in [0.3, 0.4) is 0 Å². The third kappa shape index (κ3) is 2.86. The SMILES string of the molecule is COc1ccc(C2C(C)C2C(=O)OC2[C@@H]3CCC(C[C@@H]2C)C3C)cc1. The van der Waals surface area contributed by atoms with Gasteiger partial charge in [-0.15, -0.1) is 0 Å². The molecule has 0 radical (unpaired) electrons. The van der Waals surface area contributed by atoms with Gasteiger partial charge in [-0.2, -0.15) is 0 Å². The summed E-state index contributed by atoms with van der Waals surface area (Å²) in [6.07, 6.45) is 3.90. The Morgan fingerprint density at radius 1 is 1.04 bits per heavy atom. The summed E-state index contributed by atoms with van der Waals surface area (Å²) in [5, 5.41) is 0. The summed E-state index contributed by atoms with van der Waals surface area (Å²) in [5.41, 5.74) is 1.22. The highest BCUT2D eigenvalue weighted by atomic mass is 16.5. The van der Waals surface area contributed by atoms with Gasteiger partial charge in [0.1, 0.15) is 11.9 Å². The Morgan fingerprint density at radius 2 is 1.76 bits per heavy atom. The monoisotopic (exact) mass is 342 g/mol. The topological polar surface area (TPSA) is 35.5 Å². The summed E-state index contributed by atoms with van der Waals surface area (Å²) in [4.78, 5) is 12.9. The minimum atomic E-state index is 0.0232. The minimum absolute atomic E-state index is 0.0232. The number of fused-ring (bicyclic) bond motifs is 2. The van der Waals surface area contributed by atoms with Crippen LogP contribution < -0.4 is 4.74 Å². The summed E-state index contributed by atoms with van der Waals surface area (Å²) in [6, 6.07) is 8.12. The smallest absolute Gasteiger partial charge is 0.310 e. The van der Waals surface area contributed by atoms with Gasteiger partial charge in [0.25, 0.3) is 0 Å². The Hall–Kier alpha value is -1.51. The maximum atomic E-state index is 12.9. The van der Waals surface area contributed by atoms with Crippen molar-refractivity contribution in [3.63, 3.8) is 0 Å². The molecule has 1 aromatic rings. The van der Waals surface area contributed by atoms with Crippen LogP contribution in [0.4, 0.5) is 0 Å². The molecule has 0 aromatic heterocycles. The first-order valence-electron chi connectivity index (χ1n) is 9.85. The number of esters is 1. The lowest BCUT2D eigenvalue weighted by Gasteiger charge is -2.38. The molecule has 3 nitrogen and oxygen atoms in total. The number of carbonyl (C=O) groups is 1. The zero-order chi connectivity index (χ0) is 17.7. The van der Waals surface area contributed by atoms with Gasteiger partial charge in [-0.1, -0.05) is 32.9 Å². The molecule has 0 heterocycles. The van der Waals surface area contributed by atoms with Gasteiger partial charge in [-0.25, -0.2) is 0 Å². The molecule has 8 atom stereocenters. The Morgan fingerprint density at radius 3 is 2.44 bits per heavy atom. The highest BCUT2D eigenvalue weighted by Crippen LogP contribution is 2.56. The van der Waals surface area contributed by atoms with E-state index in [4.69, 9.17) is 9.47 Å². The van der Waals surface area contributed by atoms with Gasteiger partial charge in [0.05, 0.1) is 13.0 Å². The zero-order valence-corrected chi connectivity index (χ0v) is 15.8. The third-order valence-corrected chi connectivity index (χ3v) is 7.35. The molecule has 1 aromatic carbocycles. The Labute approximate surface area is 151 Å². The number of benzene rings is 1. The summed E-state index contributed by atoms with van der Waals surface area (Å²) >= 11 is 0. The summed E-state index contributed by atoms with van der Waals surface area (Å²) < 4.78 is 11.4. The third-order valence-electron chi connectivity index (χ3n) is 7.35. The average Bonchev–Trinajstić information content (AvgIpc) is 3.21. The Bertz CT molecular complexity index is 637. The first-order chi connectivity index (χ1) is 12.0. The van der Waals surface area contributed by atoms with Crippen LogP contribution in [-0.4, -0.2) is 19.2 Å². The number of carbonyl (C=O) groups excluding carboxylic acids is 1. The molecular weight excluding hydrogens is 312 g/mol. The molecule has 3 heteroatoms. The molecule has 0 aliphatic heterocycles. The van der Waals surface area contributed by atoms with Crippen molar-refractivity contribution in [2.24, 2.45) is 35.5 Å². The number of hydrogen-bond donors (Lipinski definition) is 0. The molecule has 2 bridgehead atoms. The van der Waals surface area contributed by atoms with Crippen molar-refractivity contribution in [1.29, 1.82) is 0 Å². The maximum Gasteiger partial charge on any atom is 0.310 e. The van der Waals surface area contributed by atoms with Crippen molar-refractivity contribution >= 4 is 5.97 Å². The van der Waals surface area contributed by atoms with E-state index in [9.17, 15) is 4.79 Å².